The molecule has 0 aromatic carbocycles. The minimum atomic E-state index is -1.01. The highest BCUT2D eigenvalue weighted by atomic mass is 16.5. The molecular weight excluding hydrogens is 709 g/mol. The maximum atomic E-state index is 12.8. The van der Waals surface area contributed by atoms with Gasteiger partial charge in [-0.15, -0.1) is 0 Å². The maximum Gasteiger partial charge on any atom is 0.326 e. The Labute approximate surface area is 351 Å². The summed E-state index contributed by atoms with van der Waals surface area (Å²) in [6.07, 6.45) is 54.4. The summed E-state index contributed by atoms with van der Waals surface area (Å²) in [5.41, 5.74) is 5.49. The molecule has 7 nitrogen and oxygen atoms in total. The van der Waals surface area contributed by atoms with Crippen LogP contribution in [0.25, 0.3) is 0 Å². The maximum absolute atomic E-state index is 12.8. The van der Waals surface area contributed by atoms with E-state index >= 15 is 0 Å². The molecule has 0 saturated carbocycles. The van der Waals surface area contributed by atoms with E-state index in [1.807, 2.05) is 0 Å². The van der Waals surface area contributed by atoms with Crippen molar-refractivity contribution >= 4 is 17.8 Å². The Kier molecular flexibility index (Phi) is 42.4. The molecule has 0 aromatic heterocycles. The molecule has 0 spiro atoms. The van der Waals surface area contributed by atoms with Gasteiger partial charge in [0.25, 0.3) is 0 Å². The van der Waals surface area contributed by atoms with Gasteiger partial charge in [-0.1, -0.05) is 159 Å². The number of rotatable bonds is 43. The topological polar surface area (TPSA) is 119 Å². The van der Waals surface area contributed by atoms with E-state index in [0.717, 1.165) is 83.5 Å². The van der Waals surface area contributed by atoms with Crippen molar-refractivity contribution in [2.75, 3.05) is 6.54 Å². The third-order valence-corrected chi connectivity index (χ3v) is 10.6. The molecule has 2 atom stereocenters. The summed E-state index contributed by atoms with van der Waals surface area (Å²) < 4.78 is 6.04. The van der Waals surface area contributed by atoms with E-state index in [2.05, 4.69) is 67.8 Å². The summed E-state index contributed by atoms with van der Waals surface area (Å²) in [5, 5.41) is 12.0. The Bertz CT molecular complexity index is 1040. The number of hydrogen-bond donors (Lipinski definition) is 3. The first-order chi connectivity index (χ1) is 27.9. The number of esters is 1. The van der Waals surface area contributed by atoms with Gasteiger partial charge in [0.1, 0.15) is 12.1 Å². The molecule has 1 amide bonds. The summed E-state index contributed by atoms with van der Waals surface area (Å²) in [7, 11) is 0. The van der Waals surface area contributed by atoms with Crippen LogP contribution >= 0.6 is 0 Å². The summed E-state index contributed by atoms with van der Waals surface area (Å²) in [4.78, 5) is 36.5. The van der Waals surface area contributed by atoms with Gasteiger partial charge in [0.15, 0.2) is 0 Å². The summed E-state index contributed by atoms with van der Waals surface area (Å²) in [5.74, 6) is -1.27. The zero-order chi connectivity index (χ0) is 41.7. The lowest BCUT2D eigenvalue weighted by atomic mass is 10.0. The number of nitrogens with one attached hydrogen (secondary N) is 1. The molecule has 0 aliphatic rings. The van der Waals surface area contributed by atoms with Gasteiger partial charge in [0.05, 0.1) is 0 Å². The molecule has 7 heteroatoms. The standard InChI is InChI=1S/C50H90N2O5/c1-3-5-7-9-11-13-15-17-18-19-20-21-23-25-27-29-34-38-44-49(54)57-46(40-35-31-28-26-24-22-16-14-12-10-8-6-4-2)41-36-32-30-33-37-43-48(53)52-47(50(55)56)42-39-45-51/h13,15-16,18-19,22,26,28,46-47H,3-12,14,17,20-21,23-25,27,29-45,51H2,1-2H3,(H,52,53)(H,55,56)/b15-13-,19-18-,22-16-,28-26-. The van der Waals surface area contributed by atoms with E-state index in [4.69, 9.17) is 10.5 Å². The van der Waals surface area contributed by atoms with Crippen molar-refractivity contribution in [3.8, 4) is 0 Å². The highest BCUT2D eigenvalue weighted by Gasteiger charge is 2.19. The molecule has 0 aliphatic heterocycles. The summed E-state index contributed by atoms with van der Waals surface area (Å²) >= 11 is 0. The van der Waals surface area contributed by atoms with E-state index in [9.17, 15) is 19.5 Å². The van der Waals surface area contributed by atoms with Crippen LogP contribution in [0, 0.1) is 0 Å². The fourth-order valence-electron chi connectivity index (χ4n) is 6.99. The van der Waals surface area contributed by atoms with Crippen LogP contribution < -0.4 is 11.1 Å². The van der Waals surface area contributed by atoms with Crippen molar-refractivity contribution in [1.29, 1.82) is 0 Å². The van der Waals surface area contributed by atoms with Crippen molar-refractivity contribution in [3.63, 3.8) is 0 Å². The predicted octanol–water partition coefficient (Wildman–Crippen LogP) is 14.0. The van der Waals surface area contributed by atoms with Crippen molar-refractivity contribution < 1.29 is 24.2 Å². The second-order valence-electron chi connectivity index (χ2n) is 16.2. The van der Waals surface area contributed by atoms with E-state index in [-0.39, 0.29) is 18.0 Å². The molecule has 0 radical (unpaired) electrons. The Morgan fingerprint density at radius 2 is 0.930 bits per heavy atom. The molecule has 4 N–H and O–H groups in total. The first-order valence-electron chi connectivity index (χ1n) is 24.0. The van der Waals surface area contributed by atoms with Crippen molar-refractivity contribution in [2.24, 2.45) is 5.73 Å². The molecule has 330 valence electrons. The van der Waals surface area contributed by atoms with E-state index in [1.54, 1.807) is 0 Å². The van der Waals surface area contributed by atoms with E-state index < -0.39 is 12.0 Å². The Balaban J connectivity index is 4.37. The van der Waals surface area contributed by atoms with Gasteiger partial charge >= 0.3 is 11.9 Å². The number of carbonyl (C=O) groups excluding carboxylic acids is 2. The third kappa shape index (κ3) is 41.3. The highest BCUT2D eigenvalue weighted by Crippen LogP contribution is 2.18. The van der Waals surface area contributed by atoms with Gasteiger partial charge in [-0.25, -0.2) is 4.79 Å². The van der Waals surface area contributed by atoms with Crippen molar-refractivity contribution in [3.05, 3.63) is 48.6 Å². The molecule has 2 unspecified atom stereocenters. The molecule has 0 aliphatic carbocycles. The number of hydrogen-bond acceptors (Lipinski definition) is 5. The number of amides is 1. The third-order valence-electron chi connectivity index (χ3n) is 10.6. The number of ether oxygens (including phenoxy) is 1. The lowest BCUT2D eigenvalue weighted by molar-refractivity contribution is -0.150. The number of unbranched alkanes of at least 4 members (excludes halogenated alkanes) is 21. The monoisotopic (exact) mass is 799 g/mol. The first-order valence-corrected chi connectivity index (χ1v) is 24.0. The van der Waals surface area contributed by atoms with Crippen molar-refractivity contribution in [2.45, 2.75) is 244 Å². The van der Waals surface area contributed by atoms with Gasteiger partial charge in [0, 0.05) is 12.8 Å². The van der Waals surface area contributed by atoms with E-state index in [1.165, 1.54) is 109 Å². The molecule has 57 heavy (non-hydrogen) atoms. The quantitative estimate of drug-likeness (QED) is 0.0321. The van der Waals surface area contributed by atoms with Gasteiger partial charge in [-0.2, -0.15) is 0 Å². The lowest BCUT2D eigenvalue weighted by Gasteiger charge is -2.18. The zero-order valence-electron chi connectivity index (χ0n) is 37.2. The second-order valence-corrected chi connectivity index (χ2v) is 16.2. The van der Waals surface area contributed by atoms with Gasteiger partial charge in [-0.3, -0.25) is 9.59 Å². The number of nitrogens with two attached hydrogens (primary N) is 1. The highest BCUT2D eigenvalue weighted by molar-refractivity contribution is 5.83. The molecule has 0 saturated heterocycles. The van der Waals surface area contributed by atoms with Crippen LogP contribution in [0.1, 0.15) is 232 Å². The molecule has 0 fully saturated rings. The van der Waals surface area contributed by atoms with Crippen LogP contribution in [0.2, 0.25) is 0 Å². The van der Waals surface area contributed by atoms with Crippen LogP contribution in [-0.2, 0) is 19.1 Å². The van der Waals surface area contributed by atoms with Crippen LogP contribution in [0.3, 0.4) is 0 Å². The number of carboxylic acids is 1. The summed E-state index contributed by atoms with van der Waals surface area (Å²) in [6.45, 7) is 4.92. The second kappa shape index (κ2) is 44.4. The van der Waals surface area contributed by atoms with Crippen molar-refractivity contribution in [1.82, 2.24) is 5.32 Å². The predicted molar refractivity (Wildman–Crippen MR) is 243 cm³/mol. The number of aliphatic carboxylic acids is 1. The van der Waals surface area contributed by atoms with E-state index in [0.29, 0.717) is 32.2 Å². The molecule has 0 aromatic rings. The van der Waals surface area contributed by atoms with Gasteiger partial charge in [-0.05, 0) is 116 Å². The van der Waals surface area contributed by atoms with Crippen LogP contribution in [0.5, 0.6) is 0 Å². The zero-order valence-corrected chi connectivity index (χ0v) is 37.2. The largest absolute Gasteiger partial charge is 0.480 e. The van der Waals surface area contributed by atoms with Gasteiger partial charge < -0.3 is 20.9 Å². The lowest BCUT2D eigenvalue weighted by Crippen LogP contribution is -2.40. The SMILES string of the molecule is CCCCCC/C=C\C/C=C\CCCCCCCCCC(=O)OC(CCC/C=C\C/C=C\CCCCCCC)CCCCCCCC(=O)NC(CCCN)C(=O)O. The molecule has 0 heterocycles. The Hall–Kier alpha value is -2.67. The normalized spacial score (nSPS) is 13.0. The smallest absolute Gasteiger partial charge is 0.326 e. The van der Waals surface area contributed by atoms with Crippen LogP contribution in [0.15, 0.2) is 48.6 Å². The number of carbonyl (C=O) groups is 3. The van der Waals surface area contributed by atoms with Gasteiger partial charge in [0.2, 0.25) is 5.91 Å². The summed E-state index contributed by atoms with van der Waals surface area (Å²) in [6, 6.07) is -0.863. The Morgan fingerprint density at radius 3 is 1.44 bits per heavy atom. The number of allylic oxidation sites excluding steroid dienone is 8. The Morgan fingerprint density at radius 1 is 0.509 bits per heavy atom. The molecular formula is C50H90N2O5. The molecule has 0 rings (SSSR count). The average Bonchev–Trinajstić information content (AvgIpc) is 3.20. The molecule has 0 bridgehead atoms. The minimum Gasteiger partial charge on any atom is -0.480 e. The first kappa shape index (κ1) is 54.3. The fourth-order valence-corrected chi connectivity index (χ4v) is 6.99. The average molecular weight is 799 g/mol. The minimum absolute atomic E-state index is 0.0358. The fraction of sp³-hybridized carbons (Fsp3) is 0.780. The van der Waals surface area contributed by atoms with Crippen LogP contribution in [0.4, 0.5) is 0 Å². The van der Waals surface area contributed by atoms with Crippen LogP contribution in [-0.4, -0.2) is 41.6 Å². The number of carboxylic acid groups (broad SMARTS) is 1.